The zero-order valence-electron chi connectivity index (χ0n) is 18.9. The Hall–Kier alpha value is -1.59. The van der Waals surface area contributed by atoms with Crippen LogP contribution in [0.2, 0.25) is 0 Å². The number of nitrogens with one attached hydrogen (secondary N) is 1. The van der Waals surface area contributed by atoms with Crippen LogP contribution in [-0.4, -0.2) is 40.2 Å². The topological polar surface area (TPSA) is 72.8 Å². The lowest BCUT2D eigenvalue weighted by molar-refractivity contribution is -0.129. The highest BCUT2D eigenvalue weighted by Gasteiger charge is 2.13. The fraction of sp³-hybridized carbons (Fsp3) is 0.720. The number of aromatic hydroxyl groups is 1. The van der Waals surface area contributed by atoms with Gasteiger partial charge in [-0.05, 0) is 49.9 Å². The number of aliphatic hydroxyl groups is 1. The molecule has 1 fully saturated rings. The van der Waals surface area contributed by atoms with E-state index in [4.69, 9.17) is 0 Å². The van der Waals surface area contributed by atoms with E-state index in [-0.39, 0.29) is 18.3 Å². The number of carbonyl (C=O) groups is 1. The molecule has 0 unspecified atom stereocenters. The Labute approximate surface area is 182 Å². The van der Waals surface area contributed by atoms with E-state index < -0.39 is 0 Å². The summed E-state index contributed by atoms with van der Waals surface area (Å²) in [6, 6.07) is 5.81. The standard InChI is InChI=1S/C25H42N2O3/c1-21(29)27(19-23-18-22(20-28)14-15-25(23)30)17-11-7-3-2-6-10-16-26-24-12-8-4-5-9-13-24/h14-15,18,24,26,28,30H,2-13,16-17,19-20H2,1H3. The van der Waals surface area contributed by atoms with Gasteiger partial charge in [-0.15, -0.1) is 0 Å². The van der Waals surface area contributed by atoms with Gasteiger partial charge in [-0.2, -0.15) is 0 Å². The summed E-state index contributed by atoms with van der Waals surface area (Å²) in [6.45, 7) is 3.76. The highest BCUT2D eigenvalue weighted by atomic mass is 16.3. The van der Waals surface area contributed by atoms with Crippen molar-refractivity contribution in [1.82, 2.24) is 10.2 Å². The van der Waals surface area contributed by atoms with Crippen molar-refractivity contribution in [1.29, 1.82) is 0 Å². The van der Waals surface area contributed by atoms with Crippen LogP contribution in [-0.2, 0) is 17.9 Å². The molecule has 0 heterocycles. The molecule has 5 heteroatoms. The molecule has 2 rings (SSSR count). The third-order valence-electron chi connectivity index (χ3n) is 6.28. The van der Waals surface area contributed by atoms with Crippen molar-refractivity contribution in [2.75, 3.05) is 13.1 Å². The second-order valence-electron chi connectivity index (χ2n) is 8.83. The van der Waals surface area contributed by atoms with E-state index in [1.54, 1.807) is 30.0 Å². The maximum atomic E-state index is 12.0. The molecule has 1 aromatic rings. The number of unbranched alkanes of at least 4 members (excludes halogenated alkanes) is 5. The van der Waals surface area contributed by atoms with Gasteiger partial charge in [-0.1, -0.05) is 57.4 Å². The normalized spacial score (nSPS) is 15.1. The lowest BCUT2D eigenvalue weighted by atomic mass is 10.1. The van der Waals surface area contributed by atoms with Crippen molar-refractivity contribution in [2.24, 2.45) is 0 Å². The lowest BCUT2D eigenvalue weighted by Gasteiger charge is -2.22. The fourth-order valence-electron chi connectivity index (χ4n) is 4.34. The predicted octanol–water partition coefficient (Wildman–Crippen LogP) is 4.89. The number of hydrogen-bond acceptors (Lipinski definition) is 4. The second kappa shape index (κ2) is 14.4. The van der Waals surface area contributed by atoms with E-state index in [0.717, 1.165) is 31.0 Å². The number of hydrogen-bond donors (Lipinski definition) is 3. The van der Waals surface area contributed by atoms with Gasteiger partial charge in [0.2, 0.25) is 5.91 Å². The second-order valence-corrected chi connectivity index (χ2v) is 8.83. The first kappa shape index (κ1) is 24.7. The molecule has 1 aromatic carbocycles. The molecule has 0 atom stereocenters. The molecule has 1 saturated carbocycles. The number of amides is 1. The molecule has 3 N–H and O–H groups in total. The van der Waals surface area contributed by atoms with Crippen LogP contribution in [0, 0.1) is 0 Å². The Morgan fingerprint density at radius 2 is 1.70 bits per heavy atom. The van der Waals surface area contributed by atoms with Gasteiger partial charge in [-0.25, -0.2) is 0 Å². The van der Waals surface area contributed by atoms with E-state index in [1.807, 2.05) is 0 Å². The van der Waals surface area contributed by atoms with Crippen LogP contribution in [0.5, 0.6) is 5.75 Å². The Bertz CT molecular complexity index is 612. The minimum atomic E-state index is -0.0659. The molecule has 1 aliphatic rings. The van der Waals surface area contributed by atoms with Gasteiger partial charge < -0.3 is 20.4 Å². The van der Waals surface area contributed by atoms with Crippen molar-refractivity contribution >= 4 is 5.91 Å². The number of rotatable bonds is 13. The van der Waals surface area contributed by atoms with Crippen LogP contribution in [0.3, 0.4) is 0 Å². The van der Waals surface area contributed by atoms with Gasteiger partial charge >= 0.3 is 0 Å². The zero-order valence-corrected chi connectivity index (χ0v) is 18.9. The van der Waals surface area contributed by atoms with Crippen molar-refractivity contribution < 1.29 is 15.0 Å². The summed E-state index contributed by atoms with van der Waals surface area (Å²) in [4.78, 5) is 13.8. The zero-order chi connectivity index (χ0) is 21.6. The first-order chi connectivity index (χ1) is 14.6. The maximum absolute atomic E-state index is 12.0. The van der Waals surface area contributed by atoms with E-state index in [2.05, 4.69) is 5.32 Å². The molecule has 0 radical (unpaired) electrons. The highest BCUT2D eigenvalue weighted by molar-refractivity contribution is 5.73. The van der Waals surface area contributed by atoms with Gasteiger partial charge in [0.15, 0.2) is 0 Å². The summed E-state index contributed by atoms with van der Waals surface area (Å²) >= 11 is 0. The minimum absolute atomic E-state index is 0.0217. The number of nitrogens with zero attached hydrogens (tertiary/aromatic N) is 1. The Morgan fingerprint density at radius 1 is 1.03 bits per heavy atom. The number of carbonyl (C=O) groups excluding carboxylic acids is 1. The molecular weight excluding hydrogens is 376 g/mol. The minimum Gasteiger partial charge on any atom is -0.508 e. The van der Waals surface area contributed by atoms with Crippen molar-refractivity contribution in [3.05, 3.63) is 29.3 Å². The van der Waals surface area contributed by atoms with Crippen molar-refractivity contribution in [2.45, 2.75) is 103 Å². The molecule has 1 aliphatic carbocycles. The molecule has 170 valence electrons. The van der Waals surface area contributed by atoms with Gasteiger partial charge in [-0.3, -0.25) is 4.79 Å². The Morgan fingerprint density at radius 3 is 2.37 bits per heavy atom. The summed E-state index contributed by atoms with van der Waals surface area (Å²) in [6.07, 6.45) is 15.4. The number of benzene rings is 1. The van der Waals surface area contributed by atoms with Crippen LogP contribution in [0.4, 0.5) is 0 Å². The molecule has 1 amide bonds. The summed E-state index contributed by atoms with van der Waals surface area (Å²) in [5.41, 5.74) is 1.44. The number of aliphatic hydroxyl groups excluding tert-OH is 1. The smallest absolute Gasteiger partial charge is 0.219 e. The van der Waals surface area contributed by atoms with Crippen LogP contribution < -0.4 is 5.32 Å². The van der Waals surface area contributed by atoms with Crippen LogP contribution in [0.25, 0.3) is 0 Å². The third kappa shape index (κ3) is 9.48. The van der Waals surface area contributed by atoms with Gasteiger partial charge in [0.1, 0.15) is 5.75 Å². The molecule has 0 saturated heterocycles. The number of phenols is 1. The fourth-order valence-corrected chi connectivity index (χ4v) is 4.34. The van der Waals surface area contributed by atoms with Crippen LogP contribution in [0.15, 0.2) is 18.2 Å². The van der Waals surface area contributed by atoms with Gasteiger partial charge in [0.25, 0.3) is 0 Å². The first-order valence-corrected chi connectivity index (χ1v) is 12.0. The molecule has 5 nitrogen and oxygen atoms in total. The highest BCUT2D eigenvalue weighted by Crippen LogP contribution is 2.21. The number of phenolic OH excluding ortho intramolecular Hbond substituents is 1. The van der Waals surface area contributed by atoms with Crippen LogP contribution >= 0.6 is 0 Å². The monoisotopic (exact) mass is 418 g/mol. The summed E-state index contributed by atoms with van der Waals surface area (Å²) < 4.78 is 0. The van der Waals surface area contributed by atoms with E-state index in [9.17, 15) is 15.0 Å². The van der Waals surface area contributed by atoms with Gasteiger partial charge in [0.05, 0.1) is 6.61 Å². The SMILES string of the molecule is CC(=O)N(CCCCCCCCNC1CCCCCC1)Cc1cc(CO)ccc1O. The van der Waals surface area contributed by atoms with E-state index in [0.29, 0.717) is 18.7 Å². The lowest BCUT2D eigenvalue weighted by Crippen LogP contribution is -2.29. The molecule has 30 heavy (non-hydrogen) atoms. The van der Waals surface area contributed by atoms with E-state index >= 15 is 0 Å². The third-order valence-corrected chi connectivity index (χ3v) is 6.28. The first-order valence-electron chi connectivity index (χ1n) is 12.0. The van der Waals surface area contributed by atoms with E-state index in [1.165, 1.54) is 64.2 Å². The molecule has 0 aromatic heterocycles. The molecular formula is C25H42N2O3. The summed E-state index contributed by atoms with van der Waals surface area (Å²) in [7, 11) is 0. The van der Waals surface area contributed by atoms with Crippen molar-refractivity contribution in [3.8, 4) is 5.75 Å². The van der Waals surface area contributed by atoms with Gasteiger partial charge in [0, 0.05) is 31.6 Å². The Balaban J connectivity index is 1.56. The summed E-state index contributed by atoms with van der Waals surface area (Å²) in [5, 5.41) is 23.1. The van der Waals surface area contributed by atoms with Crippen LogP contribution in [0.1, 0.15) is 95.1 Å². The predicted molar refractivity (Wildman–Crippen MR) is 122 cm³/mol. The summed E-state index contributed by atoms with van der Waals surface area (Å²) in [5.74, 6) is 0.198. The Kier molecular flexibility index (Phi) is 11.9. The quantitative estimate of drug-likeness (QED) is 0.315. The molecule has 0 bridgehead atoms. The molecule has 0 aliphatic heterocycles. The maximum Gasteiger partial charge on any atom is 0.219 e. The van der Waals surface area contributed by atoms with Crippen molar-refractivity contribution in [3.63, 3.8) is 0 Å². The average molecular weight is 419 g/mol. The molecule has 0 spiro atoms. The average Bonchev–Trinajstić information content (AvgIpc) is 3.01. The largest absolute Gasteiger partial charge is 0.508 e.